The second-order valence-electron chi connectivity index (χ2n) is 1.41. The summed E-state index contributed by atoms with van der Waals surface area (Å²) in [6.07, 6.45) is 0.912. The molecule has 4 heteroatoms. The van der Waals surface area contributed by atoms with Gasteiger partial charge in [0, 0.05) is 0 Å². The highest BCUT2D eigenvalue weighted by molar-refractivity contribution is 7.86. The Bertz CT molecular complexity index is 168. The molecular formula is C4H7O3S. The van der Waals surface area contributed by atoms with Gasteiger partial charge in [0.15, 0.2) is 0 Å². The molecule has 0 amide bonds. The summed E-state index contributed by atoms with van der Waals surface area (Å²) in [5.74, 6) is 0. The Morgan fingerprint density at radius 3 is 2.12 bits per heavy atom. The summed E-state index contributed by atoms with van der Waals surface area (Å²) in [6.45, 7) is 6.08. The topological polar surface area (TPSA) is 54.4 Å². The molecule has 0 aromatic carbocycles. The fourth-order valence-corrected chi connectivity index (χ4v) is 0.298. The van der Waals surface area contributed by atoms with Gasteiger partial charge in [-0.2, -0.15) is 8.42 Å². The zero-order chi connectivity index (χ0) is 6.78. The molecule has 8 heavy (non-hydrogen) atoms. The van der Waals surface area contributed by atoms with Gasteiger partial charge in [-0.15, -0.1) is 0 Å². The lowest BCUT2D eigenvalue weighted by Gasteiger charge is -1.96. The second kappa shape index (κ2) is 2.28. The molecule has 1 N–H and O–H groups in total. The third kappa shape index (κ3) is 2.09. The van der Waals surface area contributed by atoms with Crippen LogP contribution < -0.4 is 0 Å². The predicted octanol–water partition coefficient (Wildman–Crippen LogP) is 0.252. The van der Waals surface area contributed by atoms with Crippen LogP contribution in [0.4, 0.5) is 0 Å². The van der Waals surface area contributed by atoms with Crippen LogP contribution in [0.1, 0.15) is 6.92 Å². The highest BCUT2D eigenvalue weighted by atomic mass is 32.2. The maximum atomic E-state index is 10.0. The summed E-state index contributed by atoms with van der Waals surface area (Å²) in [7, 11) is -3.93. The van der Waals surface area contributed by atoms with Gasteiger partial charge in [-0.05, 0) is 6.92 Å². The molecule has 0 bridgehead atoms. The largest absolute Gasteiger partial charge is 0.285 e. The molecule has 0 saturated heterocycles. The molecule has 0 aliphatic heterocycles. The van der Waals surface area contributed by atoms with Crippen molar-refractivity contribution in [2.45, 2.75) is 12.2 Å². The molecule has 0 aromatic rings. The highest BCUT2D eigenvalue weighted by Gasteiger charge is 2.11. The average molecular weight is 135 g/mol. The van der Waals surface area contributed by atoms with E-state index in [0.29, 0.717) is 0 Å². The third-order valence-electron chi connectivity index (χ3n) is 0.741. The standard InChI is InChI=1S/C4H7O3S/c1-3-4(2)8(5,6)7/h1,3-4H,2H3,(H,5,6,7). The van der Waals surface area contributed by atoms with E-state index in [9.17, 15) is 8.42 Å². The molecule has 3 nitrogen and oxygen atoms in total. The highest BCUT2D eigenvalue weighted by Crippen LogP contribution is 1.95. The molecule has 0 spiro atoms. The van der Waals surface area contributed by atoms with Crippen molar-refractivity contribution in [2.75, 3.05) is 0 Å². The van der Waals surface area contributed by atoms with Gasteiger partial charge in [0.05, 0.1) is 0 Å². The van der Waals surface area contributed by atoms with E-state index in [2.05, 4.69) is 0 Å². The first-order chi connectivity index (χ1) is 3.48. The van der Waals surface area contributed by atoms with E-state index in [-0.39, 0.29) is 0 Å². The number of hydrogen-bond acceptors (Lipinski definition) is 2. The molecule has 1 unspecified atom stereocenters. The van der Waals surface area contributed by atoms with Crippen LogP contribution in [0.25, 0.3) is 0 Å². The van der Waals surface area contributed by atoms with E-state index in [1.807, 2.05) is 0 Å². The Hall–Kier alpha value is -0.350. The summed E-state index contributed by atoms with van der Waals surface area (Å²) in [5, 5.41) is -0.970. The van der Waals surface area contributed by atoms with Gasteiger partial charge < -0.3 is 0 Å². The molecule has 1 radical (unpaired) electrons. The molecule has 1 atom stereocenters. The van der Waals surface area contributed by atoms with Gasteiger partial charge in [0.25, 0.3) is 10.1 Å². The molecule has 0 aliphatic carbocycles. The normalized spacial score (nSPS) is 15.2. The summed E-state index contributed by atoms with van der Waals surface area (Å²) in [4.78, 5) is 0. The number of rotatable bonds is 2. The lowest BCUT2D eigenvalue weighted by atomic mass is 10.5. The monoisotopic (exact) mass is 135 g/mol. The van der Waals surface area contributed by atoms with Crippen molar-refractivity contribution in [3.63, 3.8) is 0 Å². The summed E-state index contributed by atoms with van der Waals surface area (Å²) in [6, 6.07) is 0. The van der Waals surface area contributed by atoms with Crippen LogP contribution in [-0.2, 0) is 10.1 Å². The van der Waals surface area contributed by atoms with Crippen molar-refractivity contribution in [1.82, 2.24) is 0 Å². The first-order valence-corrected chi connectivity index (χ1v) is 3.50. The van der Waals surface area contributed by atoms with Crippen molar-refractivity contribution in [3.8, 4) is 0 Å². The van der Waals surface area contributed by atoms with Crippen LogP contribution in [0.15, 0.2) is 6.08 Å². The average Bonchev–Trinajstić information content (AvgIpc) is 1.62. The fraction of sp³-hybridized carbons (Fsp3) is 0.500. The van der Waals surface area contributed by atoms with Crippen LogP contribution >= 0.6 is 0 Å². The molecule has 0 heterocycles. The minimum atomic E-state index is -3.93. The van der Waals surface area contributed by atoms with Crippen LogP contribution in [0, 0.1) is 6.58 Å². The molecule has 47 valence electrons. The lowest BCUT2D eigenvalue weighted by molar-refractivity contribution is 0.477. The van der Waals surface area contributed by atoms with Gasteiger partial charge in [-0.25, -0.2) is 0 Å². The van der Waals surface area contributed by atoms with Gasteiger partial charge >= 0.3 is 0 Å². The van der Waals surface area contributed by atoms with Crippen LogP contribution in [0.3, 0.4) is 0 Å². The maximum absolute atomic E-state index is 10.0. The minimum absolute atomic E-state index is 0.912. The van der Waals surface area contributed by atoms with E-state index >= 15 is 0 Å². The second-order valence-corrected chi connectivity index (χ2v) is 3.19. The Morgan fingerprint density at radius 2 is 2.12 bits per heavy atom. The molecule has 0 aliphatic rings. The Labute approximate surface area is 48.8 Å². The first-order valence-electron chi connectivity index (χ1n) is 2.00. The maximum Gasteiger partial charge on any atom is 0.271 e. The molecular weight excluding hydrogens is 128 g/mol. The summed E-state index contributed by atoms with van der Waals surface area (Å²) < 4.78 is 28.2. The van der Waals surface area contributed by atoms with Crippen molar-refractivity contribution in [1.29, 1.82) is 0 Å². The Kier molecular flexibility index (Phi) is 2.18. The lowest BCUT2D eigenvalue weighted by Crippen LogP contribution is -2.12. The van der Waals surface area contributed by atoms with Gasteiger partial charge in [0.2, 0.25) is 0 Å². The Balaban J connectivity index is 4.26. The van der Waals surface area contributed by atoms with Crippen LogP contribution in [0.5, 0.6) is 0 Å². The van der Waals surface area contributed by atoms with Crippen molar-refractivity contribution < 1.29 is 13.0 Å². The van der Waals surface area contributed by atoms with Gasteiger partial charge in [-0.1, -0.05) is 12.7 Å². The van der Waals surface area contributed by atoms with E-state index in [1.165, 1.54) is 6.92 Å². The Morgan fingerprint density at radius 1 is 1.75 bits per heavy atom. The van der Waals surface area contributed by atoms with Crippen LogP contribution in [0.2, 0.25) is 0 Å². The SMILES string of the molecule is [CH]=CC(C)S(=O)(=O)O. The van der Waals surface area contributed by atoms with Crippen molar-refractivity contribution in [2.24, 2.45) is 0 Å². The van der Waals surface area contributed by atoms with Crippen molar-refractivity contribution in [3.05, 3.63) is 12.7 Å². The molecule has 0 rings (SSSR count). The summed E-state index contributed by atoms with van der Waals surface area (Å²) >= 11 is 0. The van der Waals surface area contributed by atoms with E-state index < -0.39 is 15.4 Å². The third-order valence-corrected chi connectivity index (χ3v) is 1.84. The molecule has 0 saturated carbocycles. The number of hydrogen-bond donors (Lipinski definition) is 1. The van der Waals surface area contributed by atoms with E-state index in [4.69, 9.17) is 11.1 Å². The fourth-order valence-electron chi connectivity index (χ4n) is 0.0993. The zero-order valence-electron chi connectivity index (χ0n) is 4.40. The molecule has 0 fully saturated rings. The van der Waals surface area contributed by atoms with Crippen LogP contribution in [-0.4, -0.2) is 18.2 Å². The van der Waals surface area contributed by atoms with E-state index in [1.54, 1.807) is 0 Å². The smallest absolute Gasteiger partial charge is 0.271 e. The minimum Gasteiger partial charge on any atom is -0.285 e. The predicted molar refractivity (Wildman–Crippen MR) is 29.9 cm³/mol. The van der Waals surface area contributed by atoms with Crippen molar-refractivity contribution >= 4 is 10.1 Å². The van der Waals surface area contributed by atoms with Gasteiger partial charge in [-0.3, -0.25) is 4.55 Å². The first kappa shape index (κ1) is 7.65. The summed E-state index contributed by atoms with van der Waals surface area (Å²) in [5.41, 5.74) is 0. The zero-order valence-corrected chi connectivity index (χ0v) is 5.22. The van der Waals surface area contributed by atoms with Gasteiger partial charge in [0.1, 0.15) is 5.25 Å². The van der Waals surface area contributed by atoms with E-state index in [0.717, 1.165) is 6.08 Å². The molecule has 0 aromatic heterocycles. The quantitative estimate of drug-likeness (QED) is 0.552.